The molecular formula is C16H20N2O2S. The Morgan fingerprint density at radius 3 is 2.52 bits per heavy atom. The molecule has 1 heterocycles. The van der Waals surface area contributed by atoms with Crippen LogP contribution in [-0.2, 0) is 11.3 Å². The SMILES string of the molecule is COc1ccc(-c2csc(CNC(=O)C(C)(C)N)c2)cc1. The lowest BCUT2D eigenvalue weighted by atomic mass is 10.1. The summed E-state index contributed by atoms with van der Waals surface area (Å²) in [5.74, 6) is 0.688. The van der Waals surface area contributed by atoms with Gasteiger partial charge in [-0.2, -0.15) is 0 Å². The molecule has 112 valence electrons. The van der Waals surface area contributed by atoms with Crippen LogP contribution in [0.4, 0.5) is 0 Å². The summed E-state index contributed by atoms with van der Waals surface area (Å²) in [7, 11) is 1.65. The zero-order chi connectivity index (χ0) is 15.5. The number of methoxy groups -OCH3 is 1. The molecule has 2 aromatic rings. The van der Waals surface area contributed by atoms with E-state index < -0.39 is 5.54 Å². The first-order valence-electron chi connectivity index (χ1n) is 6.69. The number of benzene rings is 1. The number of nitrogens with two attached hydrogens (primary N) is 1. The Labute approximate surface area is 128 Å². The van der Waals surface area contributed by atoms with Crippen LogP contribution in [0, 0.1) is 0 Å². The number of amides is 1. The van der Waals surface area contributed by atoms with E-state index in [-0.39, 0.29) is 5.91 Å². The van der Waals surface area contributed by atoms with Gasteiger partial charge in [0.1, 0.15) is 5.75 Å². The molecule has 4 nitrogen and oxygen atoms in total. The van der Waals surface area contributed by atoms with Crippen LogP contribution in [0.3, 0.4) is 0 Å². The minimum Gasteiger partial charge on any atom is -0.497 e. The van der Waals surface area contributed by atoms with E-state index in [1.165, 1.54) is 0 Å². The van der Waals surface area contributed by atoms with Crippen molar-refractivity contribution in [3.63, 3.8) is 0 Å². The van der Waals surface area contributed by atoms with Gasteiger partial charge in [-0.25, -0.2) is 0 Å². The van der Waals surface area contributed by atoms with Crippen molar-refractivity contribution in [2.75, 3.05) is 7.11 Å². The molecule has 0 radical (unpaired) electrons. The minimum absolute atomic E-state index is 0.151. The van der Waals surface area contributed by atoms with Crippen LogP contribution in [0.1, 0.15) is 18.7 Å². The predicted octanol–water partition coefficient (Wildman–Crippen LogP) is 2.78. The van der Waals surface area contributed by atoms with Gasteiger partial charge in [-0.3, -0.25) is 4.79 Å². The lowest BCUT2D eigenvalue weighted by Gasteiger charge is -2.17. The fraction of sp³-hybridized carbons (Fsp3) is 0.312. The third-order valence-electron chi connectivity index (χ3n) is 3.09. The van der Waals surface area contributed by atoms with E-state index in [0.29, 0.717) is 6.54 Å². The quantitative estimate of drug-likeness (QED) is 0.892. The summed E-state index contributed by atoms with van der Waals surface area (Å²) in [6, 6.07) is 9.99. The zero-order valence-corrected chi connectivity index (χ0v) is 13.3. The van der Waals surface area contributed by atoms with Gasteiger partial charge in [0.05, 0.1) is 19.2 Å². The first-order valence-corrected chi connectivity index (χ1v) is 7.57. The summed E-state index contributed by atoms with van der Waals surface area (Å²) in [6.07, 6.45) is 0. The molecule has 3 N–H and O–H groups in total. The average molecular weight is 304 g/mol. The van der Waals surface area contributed by atoms with E-state index in [9.17, 15) is 4.79 Å². The Morgan fingerprint density at radius 2 is 1.95 bits per heavy atom. The molecule has 0 spiro atoms. The van der Waals surface area contributed by atoms with Crippen molar-refractivity contribution >= 4 is 17.2 Å². The van der Waals surface area contributed by atoms with Crippen molar-refractivity contribution in [3.8, 4) is 16.9 Å². The Hall–Kier alpha value is -1.85. The molecule has 1 aromatic carbocycles. The van der Waals surface area contributed by atoms with Crippen molar-refractivity contribution < 1.29 is 9.53 Å². The molecule has 5 heteroatoms. The third-order valence-corrected chi connectivity index (χ3v) is 4.02. The van der Waals surface area contributed by atoms with Crippen molar-refractivity contribution in [2.24, 2.45) is 5.73 Å². The number of hydrogen-bond acceptors (Lipinski definition) is 4. The maximum Gasteiger partial charge on any atom is 0.239 e. The summed E-state index contributed by atoms with van der Waals surface area (Å²) < 4.78 is 5.15. The van der Waals surface area contributed by atoms with E-state index in [0.717, 1.165) is 21.8 Å². The van der Waals surface area contributed by atoms with Gasteiger partial charge in [0, 0.05) is 4.88 Å². The standard InChI is InChI=1S/C16H20N2O2S/c1-16(2,17)15(19)18-9-14-8-12(10-21-14)11-4-6-13(20-3)7-5-11/h4-8,10H,9,17H2,1-3H3,(H,18,19). The van der Waals surface area contributed by atoms with Gasteiger partial charge in [0.2, 0.25) is 5.91 Å². The lowest BCUT2D eigenvalue weighted by Crippen LogP contribution is -2.48. The molecule has 0 atom stereocenters. The Balaban J connectivity index is 2.02. The molecule has 0 aliphatic rings. The molecule has 0 saturated carbocycles. The lowest BCUT2D eigenvalue weighted by molar-refractivity contribution is -0.125. The van der Waals surface area contributed by atoms with E-state index >= 15 is 0 Å². The molecule has 0 bridgehead atoms. The Bertz CT molecular complexity index is 612. The number of nitrogens with one attached hydrogen (secondary N) is 1. The van der Waals surface area contributed by atoms with Crippen LogP contribution >= 0.6 is 11.3 Å². The zero-order valence-electron chi connectivity index (χ0n) is 12.5. The first kappa shape index (κ1) is 15.5. The molecule has 2 rings (SSSR count). The van der Waals surface area contributed by atoms with E-state index in [2.05, 4.69) is 16.8 Å². The highest BCUT2D eigenvalue weighted by Crippen LogP contribution is 2.27. The van der Waals surface area contributed by atoms with Gasteiger partial charge in [-0.15, -0.1) is 11.3 Å². The second kappa shape index (κ2) is 6.28. The Kier molecular flexibility index (Phi) is 4.65. The number of ether oxygens (including phenoxy) is 1. The normalized spacial score (nSPS) is 11.2. The molecular weight excluding hydrogens is 284 g/mol. The van der Waals surface area contributed by atoms with Gasteiger partial charge in [0.25, 0.3) is 0 Å². The fourth-order valence-electron chi connectivity index (χ4n) is 1.80. The van der Waals surface area contributed by atoms with Gasteiger partial charge in [-0.1, -0.05) is 12.1 Å². The molecule has 1 amide bonds. The fourth-order valence-corrected chi connectivity index (χ4v) is 2.64. The van der Waals surface area contributed by atoms with E-state index in [1.54, 1.807) is 32.3 Å². The van der Waals surface area contributed by atoms with Crippen molar-refractivity contribution in [1.29, 1.82) is 0 Å². The third kappa shape index (κ3) is 4.06. The number of hydrogen-bond donors (Lipinski definition) is 2. The second-order valence-corrected chi connectivity index (χ2v) is 6.43. The molecule has 0 saturated heterocycles. The summed E-state index contributed by atoms with van der Waals surface area (Å²) in [6.45, 7) is 3.89. The largest absolute Gasteiger partial charge is 0.497 e. The summed E-state index contributed by atoms with van der Waals surface area (Å²) in [5, 5.41) is 4.93. The molecule has 0 unspecified atom stereocenters. The maximum atomic E-state index is 11.7. The molecule has 1 aromatic heterocycles. The minimum atomic E-state index is -0.851. The van der Waals surface area contributed by atoms with Crippen molar-refractivity contribution in [1.82, 2.24) is 5.32 Å². The predicted molar refractivity (Wildman–Crippen MR) is 86.4 cm³/mol. The van der Waals surface area contributed by atoms with Gasteiger partial charge in [-0.05, 0) is 48.6 Å². The first-order chi connectivity index (χ1) is 9.90. The molecule has 0 aliphatic heterocycles. The van der Waals surface area contributed by atoms with E-state index in [1.807, 2.05) is 24.3 Å². The topological polar surface area (TPSA) is 64.3 Å². The average Bonchev–Trinajstić information content (AvgIpc) is 2.92. The van der Waals surface area contributed by atoms with Crippen LogP contribution in [0.25, 0.3) is 11.1 Å². The molecule has 0 aliphatic carbocycles. The van der Waals surface area contributed by atoms with Crippen LogP contribution in [-0.4, -0.2) is 18.6 Å². The summed E-state index contributed by atoms with van der Waals surface area (Å²) in [5.41, 5.74) is 7.16. The van der Waals surface area contributed by atoms with Crippen LogP contribution in [0.2, 0.25) is 0 Å². The smallest absolute Gasteiger partial charge is 0.239 e. The van der Waals surface area contributed by atoms with Gasteiger partial charge < -0.3 is 15.8 Å². The summed E-state index contributed by atoms with van der Waals surface area (Å²) in [4.78, 5) is 12.8. The highest BCUT2D eigenvalue weighted by molar-refractivity contribution is 7.10. The molecule has 0 fully saturated rings. The van der Waals surface area contributed by atoms with E-state index in [4.69, 9.17) is 10.5 Å². The molecule has 21 heavy (non-hydrogen) atoms. The van der Waals surface area contributed by atoms with Gasteiger partial charge >= 0.3 is 0 Å². The number of rotatable bonds is 5. The Morgan fingerprint density at radius 1 is 1.29 bits per heavy atom. The van der Waals surface area contributed by atoms with Gasteiger partial charge in [0.15, 0.2) is 0 Å². The number of thiophene rings is 1. The van der Waals surface area contributed by atoms with Crippen LogP contribution in [0.15, 0.2) is 35.7 Å². The highest BCUT2D eigenvalue weighted by atomic mass is 32.1. The monoisotopic (exact) mass is 304 g/mol. The van der Waals surface area contributed by atoms with Crippen LogP contribution in [0.5, 0.6) is 5.75 Å². The second-order valence-electron chi connectivity index (χ2n) is 5.43. The van der Waals surface area contributed by atoms with Crippen LogP contribution < -0.4 is 15.8 Å². The number of carbonyl (C=O) groups is 1. The van der Waals surface area contributed by atoms with Crippen molar-refractivity contribution in [2.45, 2.75) is 25.9 Å². The maximum absolute atomic E-state index is 11.7. The number of carbonyl (C=O) groups excluding carboxylic acids is 1. The highest BCUT2D eigenvalue weighted by Gasteiger charge is 2.21. The summed E-state index contributed by atoms with van der Waals surface area (Å²) >= 11 is 1.62. The van der Waals surface area contributed by atoms with Crippen molar-refractivity contribution in [3.05, 3.63) is 40.6 Å².